The Morgan fingerprint density at radius 1 is 0.596 bits per heavy atom. The maximum Gasteiger partial charge on any atom is 0.217 e. The monoisotopic (exact) mass is 760 g/mol. The van der Waals surface area contributed by atoms with Gasteiger partial charge < -0.3 is 100 Å². The van der Waals surface area contributed by atoms with Gasteiger partial charge in [0, 0.05) is 13.5 Å². The van der Waals surface area contributed by atoms with Gasteiger partial charge in [0.1, 0.15) is 85.4 Å². The van der Waals surface area contributed by atoms with Crippen molar-refractivity contribution >= 4 is 5.91 Å². The summed E-state index contributed by atoms with van der Waals surface area (Å²) in [7, 11) is 0. The molecule has 0 radical (unpaired) electrons. The molecule has 4 heterocycles. The van der Waals surface area contributed by atoms with Crippen molar-refractivity contribution in [2.75, 3.05) is 26.4 Å². The first-order valence-corrected chi connectivity index (χ1v) is 17.5. The second kappa shape index (κ2) is 19.5. The summed E-state index contributed by atoms with van der Waals surface area (Å²) in [6, 6.07) is -1.29. The molecule has 4 aliphatic heterocycles. The third kappa shape index (κ3) is 9.92. The predicted molar refractivity (Wildman–Crippen MR) is 169 cm³/mol. The quantitative estimate of drug-likeness (QED) is 0.0691. The summed E-state index contributed by atoms with van der Waals surface area (Å²) in [6.45, 7) is 3.01. The molecule has 0 spiro atoms. The van der Waals surface area contributed by atoms with Gasteiger partial charge in [0.15, 0.2) is 25.2 Å². The highest BCUT2D eigenvalue weighted by Crippen LogP contribution is 2.35. The molecule has 21 heteroatoms. The van der Waals surface area contributed by atoms with E-state index in [9.17, 15) is 55.9 Å². The molecule has 4 rings (SSSR count). The van der Waals surface area contributed by atoms with Crippen molar-refractivity contribution < 1.29 is 93.8 Å². The molecule has 21 nitrogen and oxygen atoms in total. The Bertz CT molecular complexity index is 1100. The lowest BCUT2D eigenvalue weighted by Gasteiger charge is -2.50. The van der Waals surface area contributed by atoms with Crippen LogP contribution in [0.25, 0.3) is 0 Å². The van der Waals surface area contributed by atoms with Crippen molar-refractivity contribution in [3.8, 4) is 0 Å². The van der Waals surface area contributed by atoms with Crippen molar-refractivity contribution in [1.82, 2.24) is 5.32 Å². The van der Waals surface area contributed by atoms with E-state index in [0.717, 1.165) is 6.42 Å². The lowest BCUT2D eigenvalue weighted by molar-refractivity contribution is -0.384. The predicted octanol–water partition coefficient (Wildman–Crippen LogP) is -6.40. The number of amides is 1. The number of nitrogens with two attached hydrogens (primary N) is 1. The van der Waals surface area contributed by atoms with Gasteiger partial charge in [-0.1, -0.05) is 0 Å². The van der Waals surface area contributed by atoms with E-state index in [1.807, 2.05) is 0 Å². The van der Waals surface area contributed by atoms with Crippen LogP contribution in [0.4, 0.5) is 0 Å². The molecular weight excluding hydrogens is 704 g/mol. The summed E-state index contributed by atoms with van der Waals surface area (Å²) in [5.41, 5.74) is 5.58. The maximum atomic E-state index is 12.5. The van der Waals surface area contributed by atoms with Crippen LogP contribution in [0.3, 0.4) is 0 Å². The standard InChI is InChI=1S/C31H56N2O19/c1-11-17(37)19(39)22(42)29(46-11)50-25-14(9-34)49-31(24(44)21(25)41)52-27-16(33-13(3)36)28(45-8-6-4-5-7-32)48-15(10-35)26(27)51-30-23(43)20(40)18(38)12(2)47-30/h11-12,14-31,34-35,37-44H,4-10,32H2,1-3H3,(H,33,36)/t11-,12-,14+,15+,16+,17-,18-,19+,20+,21+,22+,23+,24+,25+,26-,27+,28+,29+,30-,31-/m0/s1. The third-order valence-electron chi connectivity index (χ3n) is 9.64. The first-order valence-electron chi connectivity index (χ1n) is 17.5. The average Bonchev–Trinajstić information content (AvgIpc) is 3.11. The summed E-state index contributed by atoms with van der Waals surface area (Å²) >= 11 is 0. The SMILES string of the molecule is CC(=O)N[C@H]1[C@H](OCCCCCN)O[C@H](CO)[C@H](O[C@@H]2O[C@@H](C)[C@H](O)[C@@H](O)[C@H]2O)[C@@H]1O[C@@H]1O[C@H](CO)[C@@H](O[C@H]2O[C@@H](C)[C@H](O)[C@@H](O)[C@H]2O)[C@H](O)[C@H]1O. The van der Waals surface area contributed by atoms with Gasteiger partial charge in [-0.3, -0.25) is 4.79 Å². The molecule has 0 aliphatic carbocycles. The Balaban J connectivity index is 1.63. The third-order valence-corrected chi connectivity index (χ3v) is 9.64. The van der Waals surface area contributed by atoms with E-state index >= 15 is 0 Å². The second-order valence-electron chi connectivity index (χ2n) is 13.5. The zero-order valence-electron chi connectivity index (χ0n) is 29.2. The van der Waals surface area contributed by atoms with Crippen LogP contribution in [0.5, 0.6) is 0 Å². The van der Waals surface area contributed by atoms with Gasteiger partial charge in [-0.25, -0.2) is 0 Å². The van der Waals surface area contributed by atoms with E-state index in [1.54, 1.807) is 0 Å². The summed E-state index contributed by atoms with van der Waals surface area (Å²) in [5, 5.41) is 108. The Kier molecular flexibility index (Phi) is 16.3. The van der Waals surface area contributed by atoms with Crippen LogP contribution in [0.15, 0.2) is 0 Å². The molecule has 13 N–H and O–H groups in total. The number of ether oxygens (including phenoxy) is 8. The number of hydrogen-bond acceptors (Lipinski definition) is 20. The first-order chi connectivity index (χ1) is 24.6. The lowest BCUT2D eigenvalue weighted by atomic mass is 9.94. The smallest absolute Gasteiger partial charge is 0.217 e. The summed E-state index contributed by atoms with van der Waals surface area (Å²) < 4.78 is 46.8. The number of aliphatic hydroxyl groups excluding tert-OH is 10. The van der Waals surface area contributed by atoms with Crippen molar-refractivity contribution in [3.05, 3.63) is 0 Å². The minimum atomic E-state index is -1.97. The molecule has 0 aromatic rings. The van der Waals surface area contributed by atoms with E-state index in [0.29, 0.717) is 19.4 Å². The number of carbonyl (C=O) groups is 1. The molecule has 4 fully saturated rings. The fourth-order valence-electron chi connectivity index (χ4n) is 6.58. The van der Waals surface area contributed by atoms with Gasteiger partial charge in [0.2, 0.25) is 5.91 Å². The largest absolute Gasteiger partial charge is 0.394 e. The highest BCUT2D eigenvalue weighted by Gasteiger charge is 2.56. The number of aliphatic hydroxyl groups is 10. The van der Waals surface area contributed by atoms with Crippen LogP contribution in [0.1, 0.15) is 40.0 Å². The summed E-state index contributed by atoms with van der Waals surface area (Å²) in [6.07, 6.45) is -27.7. The molecule has 20 atom stereocenters. The van der Waals surface area contributed by atoms with Crippen LogP contribution in [0.2, 0.25) is 0 Å². The van der Waals surface area contributed by atoms with Gasteiger partial charge in [-0.2, -0.15) is 0 Å². The van der Waals surface area contributed by atoms with E-state index in [4.69, 9.17) is 43.6 Å². The van der Waals surface area contributed by atoms with E-state index in [1.165, 1.54) is 20.8 Å². The fraction of sp³-hybridized carbons (Fsp3) is 0.968. The number of rotatable bonds is 15. The maximum absolute atomic E-state index is 12.5. The van der Waals surface area contributed by atoms with Crippen LogP contribution in [-0.4, -0.2) is 206 Å². The van der Waals surface area contributed by atoms with E-state index in [-0.39, 0.29) is 6.61 Å². The number of unbranched alkanes of at least 4 members (excludes halogenated alkanes) is 2. The molecule has 1 amide bonds. The van der Waals surface area contributed by atoms with E-state index < -0.39 is 142 Å². The average molecular weight is 761 g/mol. The van der Waals surface area contributed by atoms with E-state index in [2.05, 4.69) is 5.32 Å². The Morgan fingerprint density at radius 3 is 1.58 bits per heavy atom. The van der Waals surface area contributed by atoms with Gasteiger partial charge >= 0.3 is 0 Å². The fourth-order valence-corrected chi connectivity index (χ4v) is 6.58. The highest BCUT2D eigenvalue weighted by atomic mass is 16.8. The van der Waals surface area contributed by atoms with Crippen LogP contribution < -0.4 is 11.1 Å². The van der Waals surface area contributed by atoms with Crippen molar-refractivity contribution in [3.63, 3.8) is 0 Å². The molecule has 4 aliphatic rings. The number of nitrogens with one attached hydrogen (secondary N) is 1. The first kappa shape index (κ1) is 43.4. The van der Waals surface area contributed by atoms with Crippen molar-refractivity contribution in [2.24, 2.45) is 5.73 Å². The van der Waals surface area contributed by atoms with Gasteiger partial charge in [-0.15, -0.1) is 0 Å². The normalized spacial score (nSPS) is 47.3. The highest BCUT2D eigenvalue weighted by molar-refractivity contribution is 5.73. The zero-order chi connectivity index (χ0) is 38.4. The summed E-state index contributed by atoms with van der Waals surface area (Å²) in [4.78, 5) is 12.5. The van der Waals surface area contributed by atoms with Gasteiger partial charge in [-0.05, 0) is 39.7 Å². The Morgan fingerprint density at radius 2 is 1.06 bits per heavy atom. The van der Waals surface area contributed by atoms with Crippen molar-refractivity contribution in [1.29, 1.82) is 0 Å². The Hall–Kier alpha value is -1.29. The van der Waals surface area contributed by atoms with Crippen LogP contribution >= 0.6 is 0 Å². The van der Waals surface area contributed by atoms with Gasteiger partial charge in [0.25, 0.3) is 0 Å². The molecule has 0 aromatic carbocycles. The zero-order valence-corrected chi connectivity index (χ0v) is 29.2. The molecule has 304 valence electrons. The molecule has 0 aromatic heterocycles. The van der Waals surface area contributed by atoms with Crippen molar-refractivity contribution in [2.45, 2.75) is 163 Å². The van der Waals surface area contributed by atoms with Crippen LogP contribution in [0, 0.1) is 0 Å². The number of hydrogen-bond donors (Lipinski definition) is 12. The molecule has 0 saturated carbocycles. The molecule has 0 bridgehead atoms. The van der Waals surface area contributed by atoms with Crippen LogP contribution in [-0.2, 0) is 42.7 Å². The molecule has 0 unspecified atom stereocenters. The Labute approximate surface area is 300 Å². The second-order valence-corrected chi connectivity index (χ2v) is 13.5. The lowest BCUT2D eigenvalue weighted by Crippen LogP contribution is -2.70. The topological polar surface area (TPSA) is 331 Å². The summed E-state index contributed by atoms with van der Waals surface area (Å²) in [5.74, 6) is -0.597. The molecule has 52 heavy (non-hydrogen) atoms. The minimum Gasteiger partial charge on any atom is -0.394 e. The minimum absolute atomic E-state index is 0.121. The van der Waals surface area contributed by atoms with Gasteiger partial charge in [0.05, 0.1) is 25.4 Å². The number of carbonyl (C=O) groups excluding carboxylic acids is 1. The molecular formula is C31H56N2O19. The molecule has 4 saturated heterocycles.